The monoisotopic (exact) mass is 346 g/mol. The van der Waals surface area contributed by atoms with Crippen molar-refractivity contribution in [3.8, 4) is 11.4 Å². The zero-order valence-corrected chi connectivity index (χ0v) is 14.5. The summed E-state index contributed by atoms with van der Waals surface area (Å²) in [6.45, 7) is 2.64. The van der Waals surface area contributed by atoms with E-state index in [1.807, 2.05) is 31.2 Å². The summed E-state index contributed by atoms with van der Waals surface area (Å²) in [5.41, 5.74) is 2.07. The summed E-state index contributed by atoms with van der Waals surface area (Å²) in [6, 6.07) is 7.92. The molecule has 0 bridgehead atoms. The minimum Gasteiger partial charge on any atom is -0.393 e. The molecule has 1 aromatic heterocycles. The van der Waals surface area contributed by atoms with Gasteiger partial charge in [0, 0.05) is 18.0 Å². The number of nitrogens with zero attached hydrogens (tertiary/aromatic N) is 2. The van der Waals surface area contributed by atoms with E-state index in [-0.39, 0.29) is 24.5 Å². The molecule has 1 amide bonds. The number of aliphatic hydroxyl groups excluding tert-OH is 1. The molecule has 1 saturated carbocycles. The van der Waals surface area contributed by atoms with Gasteiger partial charge in [0.15, 0.2) is 10.6 Å². The predicted octanol–water partition coefficient (Wildman–Crippen LogP) is 2.19. The van der Waals surface area contributed by atoms with E-state index in [2.05, 4.69) is 15.5 Å². The van der Waals surface area contributed by atoms with E-state index in [1.165, 1.54) is 0 Å². The molecule has 3 rings (SSSR count). The van der Waals surface area contributed by atoms with Gasteiger partial charge in [0.2, 0.25) is 5.91 Å². The highest BCUT2D eigenvalue weighted by Gasteiger charge is 2.25. The van der Waals surface area contributed by atoms with Gasteiger partial charge in [0.05, 0.1) is 6.10 Å². The summed E-state index contributed by atoms with van der Waals surface area (Å²) in [7, 11) is 0. The van der Waals surface area contributed by atoms with E-state index >= 15 is 0 Å². The predicted molar refractivity (Wildman–Crippen MR) is 93.9 cm³/mol. The Morgan fingerprint density at radius 1 is 1.42 bits per heavy atom. The molecular formula is C17H22N4O2S. The maximum Gasteiger partial charge on any atom is 0.240 e. The first-order chi connectivity index (χ1) is 11.5. The Hall–Kier alpha value is -1.99. The normalized spacial score (nSPS) is 20.2. The van der Waals surface area contributed by atoms with Crippen LogP contribution in [0.1, 0.15) is 24.8 Å². The molecule has 1 heterocycles. The average Bonchev–Trinajstić information content (AvgIpc) is 3.13. The van der Waals surface area contributed by atoms with Crippen molar-refractivity contribution in [3.63, 3.8) is 0 Å². The number of carbonyl (C=O) groups is 1. The van der Waals surface area contributed by atoms with Crippen LogP contribution in [0.2, 0.25) is 0 Å². The molecule has 0 spiro atoms. The molecule has 3 N–H and O–H groups in total. The second-order valence-corrected chi connectivity index (χ2v) is 6.75. The lowest BCUT2D eigenvalue weighted by Gasteiger charge is -2.15. The first-order valence-electron chi connectivity index (χ1n) is 8.21. The summed E-state index contributed by atoms with van der Waals surface area (Å²) in [5, 5.41) is 19.7. The maximum atomic E-state index is 12.3. The highest BCUT2D eigenvalue weighted by atomic mass is 32.1. The molecule has 128 valence electrons. The van der Waals surface area contributed by atoms with Gasteiger partial charge in [-0.1, -0.05) is 36.2 Å². The van der Waals surface area contributed by atoms with E-state index < -0.39 is 0 Å². The van der Waals surface area contributed by atoms with Gasteiger partial charge in [-0.3, -0.25) is 14.5 Å². The van der Waals surface area contributed by atoms with Crippen molar-refractivity contribution in [1.82, 2.24) is 20.1 Å². The maximum absolute atomic E-state index is 12.3. The third-order valence-corrected chi connectivity index (χ3v) is 4.86. The molecule has 1 aliphatic rings. The molecule has 0 radical (unpaired) electrons. The van der Waals surface area contributed by atoms with Crippen molar-refractivity contribution in [2.75, 3.05) is 6.54 Å². The van der Waals surface area contributed by atoms with Gasteiger partial charge >= 0.3 is 0 Å². The number of benzene rings is 1. The molecule has 1 aliphatic carbocycles. The molecule has 0 aliphatic heterocycles. The fraction of sp³-hybridized carbons (Fsp3) is 0.471. The van der Waals surface area contributed by atoms with Gasteiger partial charge in [0.1, 0.15) is 6.54 Å². The second-order valence-electron chi connectivity index (χ2n) is 6.37. The van der Waals surface area contributed by atoms with E-state index in [4.69, 9.17) is 12.2 Å². The molecule has 2 aromatic rings. The summed E-state index contributed by atoms with van der Waals surface area (Å²) in [6.07, 6.45) is 2.50. The molecule has 6 nitrogen and oxygen atoms in total. The standard InChI is InChI=1S/C17H22N4O2S/c1-11-5-7-12(8-6-11)16-19-20-17(24)21(16)10-15(23)18-9-13-3-2-4-14(13)22/h5-8,13-14,22H,2-4,9-10H2,1H3,(H,18,23)(H,20,24). The van der Waals surface area contributed by atoms with Crippen LogP contribution in [0.5, 0.6) is 0 Å². The van der Waals surface area contributed by atoms with Crippen molar-refractivity contribution in [3.05, 3.63) is 34.6 Å². The summed E-state index contributed by atoms with van der Waals surface area (Å²) >= 11 is 5.25. The topological polar surface area (TPSA) is 82.9 Å². The molecule has 2 unspecified atom stereocenters. The molecular weight excluding hydrogens is 324 g/mol. The van der Waals surface area contributed by atoms with Gasteiger partial charge in [-0.25, -0.2) is 0 Å². The van der Waals surface area contributed by atoms with Crippen molar-refractivity contribution in [2.24, 2.45) is 5.92 Å². The van der Waals surface area contributed by atoms with Gasteiger partial charge in [-0.15, -0.1) is 0 Å². The van der Waals surface area contributed by atoms with Gasteiger partial charge in [-0.05, 0) is 32.0 Å². The van der Waals surface area contributed by atoms with Crippen LogP contribution in [0.25, 0.3) is 11.4 Å². The number of nitrogens with one attached hydrogen (secondary N) is 2. The molecule has 0 saturated heterocycles. The fourth-order valence-electron chi connectivity index (χ4n) is 3.09. The highest BCUT2D eigenvalue weighted by molar-refractivity contribution is 7.71. The van der Waals surface area contributed by atoms with E-state index in [0.717, 1.165) is 30.4 Å². The number of carbonyl (C=O) groups excluding carboxylic acids is 1. The van der Waals surface area contributed by atoms with Crippen LogP contribution in [0, 0.1) is 17.6 Å². The summed E-state index contributed by atoms with van der Waals surface area (Å²) in [5.74, 6) is 0.679. The molecule has 24 heavy (non-hydrogen) atoms. The van der Waals surface area contributed by atoms with Crippen LogP contribution in [-0.4, -0.2) is 38.4 Å². The van der Waals surface area contributed by atoms with Crippen LogP contribution >= 0.6 is 12.2 Å². The summed E-state index contributed by atoms with van der Waals surface area (Å²) in [4.78, 5) is 12.3. The summed E-state index contributed by atoms with van der Waals surface area (Å²) < 4.78 is 2.11. The number of aromatic nitrogens is 3. The van der Waals surface area contributed by atoms with Crippen LogP contribution in [0.15, 0.2) is 24.3 Å². The Bertz CT molecular complexity index is 766. The minimum absolute atomic E-state index is 0.112. The number of H-pyrrole nitrogens is 1. The second kappa shape index (κ2) is 7.27. The van der Waals surface area contributed by atoms with Crippen molar-refractivity contribution in [1.29, 1.82) is 0 Å². The van der Waals surface area contributed by atoms with Crippen LogP contribution in [0.3, 0.4) is 0 Å². The smallest absolute Gasteiger partial charge is 0.240 e. The zero-order valence-electron chi connectivity index (χ0n) is 13.7. The van der Waals surface area contributed by atoms with Gasteiger partial charge in [-0.2, -0.15) is 5.10 Å². The Labute approximate surface area is 145 Å². The van der Waals surface area contributed by atoms with Crippen LogP contribution in [-0.2, 0) is 11.3 Å². The van der Waals surface area contributed by atoms with Gasteiger partial charge in [0.25, 0.3) is 0 Å². The lowest BCUT2D eigenvalue weighted by molar-refractivity contribution is -0.121. The minimum atomic E-state index is -0.301. The SMILES string of the molecule is Cc1ccc(-c2n[nH]c(=S)n2CC(=O)NCC2CCCC2O)cc1. The molecule has 2 atom stereocenters. The highest BCUT2D eigenvalue weighted by Crippen LogP contribution is 2.24. The lowest BCUT2D eigenvalue weighted by atomic mass is 10.1. The third-order valence-electron chi connectivity index (χ3n) is 4.55. The molecule has 7 heteroatoms. The number of amides is 1. The lowest BCUT2D eigenvalue weighted by Crippen LogP contribution is -2.34. The number of hydrogen-bond acceptors (Lipinski definition) is 4. The van der Waals surface area contributed by atoms with E-state index in [0.29, 0.717) is 17.1 Å². The quantitative estimate of drug-likeness (QED) is 0.725. The van der Waals surface area contributed by atoms with Crippen LogP contribution in [0.4, 0.5) is 0 Å². The first kappa shape index (κ1) is 16.9. The largest absolute Gasteiger partial charge is 0.393 e. The van der Waals surface area contributed by atoms with E-state index in [9.17, 15) is 9.90 Å². The zero-order chi connectivity index (χ0) is 17.1. The Balaban J connectivity index is 1.68. The van der Waals surface area contributed by atoms with Crippen molar-refractivity contribution < 1.29 is 9.90 Å². The Morgan fingerprint density at radius 3 is 2.83 bits per heavy atom. The molecule has 1 fully saturated rings. The Kier molecular flexibility index (Phi) is 5.11. The number of hydrogen-bond donors (Lipinski definition) is 3. The fourth-order valence-corrected chi connectivity index (χ4v) is 3.28. The van der Waals surface area contributed by atoms with E-state index in [1.54, 1.807) is 4.57 Å². The van der Waals surface area contributed by atoms with Crippen molar-refractivity contribution >= 4 is 18.1 Å². The number of aryl methyl sites for hydroxylation is 1. The molecule has 1 aromatic carbocycles. The Morgan fingerprint density at radius 2 is 2.17 bits per heavy atom. The van der Waals surface area contributed by atoms with Gasteiger partial charge < -0.3 is 10.4 Å². The average molecular weight is 346 g/mol. The number of aromatic amines is 1. The first-order valence-corrected chi connectivity index (χ1v) is 8.62. The third kappa shape index (κ3) is 3.73. The van der Waals surface area contributed by atoms with Crippen LogP contribution < -0.4 is 5.32 Å². The number of aliphatic hydroxyl groups is 1. The van der Waals surface area contributed by atoms with Crippen molar-refractivity contribution in [2.45, 2.75) is 38.8 Å². The number of rotatable bonds is 5.